The SMILES string of the molecule is COc1ccc(C2=C(Cl)C(=O)N(c3ccc(OC(C)C)cc3)C2=O)cc1. The third kappa shape index (κ3) is 3.30. The Labute approximate surface area is 156 Å². The molecule has 2 aromatic carbocycles. The van der Waals surface area contributed by atoms with Crippen LogP contribution < -0.4 is 14.4 Å². The third-order valence-electron chi connectivity index (χ3n) is 3.87. The van der Waals surface area contributed by atoms with E-state index in [1.807, 2.05) is 13.8 Å². The van der Waals surface area contributed by atoms with Crippen LogP contribution in [0, 0.1) is 0 Å². The molecule has 2 aromatic rings. The van der Waals surface area contributed by atoms with E-state index in [1.54, 1.807) is 55.6 Å². The lowest BCUT2D eigenvalue weighted by Crippen LogP contribution is -2.31. The van der Waals surface area contributed by atoms with Crippen molar-refractivity contribution in [2.45, 2.75) is 20.0 Å². The Morgan fingerprint density at radius 3 is 2.00 bits per heavy atom. The molecule has 0 atom stereocenters. The minimum absolute atomic E-state index is 0.0358. The molecule has 1 heterocycles. The lowest BCUT2D eigenvalue weighted by atomic mass is 10.1. The number of rotatable bonds is 5. The maximum atomic E-state index is 12.8. The highest BCUT2D eigenvalue weighted by atomic mass is 35.5. The molecule has 0 unspecified atom stereocenters. The van der Waals surface area contributed by atoms with E-state index in [0.717, 1.165) is 4.90 Å². The summed E-state index contributed by atoms with van der Waals surface area (Å²) in [6, 6.07) is 13.6. The smallest absolute Gasteiger partial charge is 0.277 e. The van der Waals surface area contributed by atoms with Gasteiger partial charge in [-0.05, 0) is 55.8 Å². The largest absolute Gasteiger partial charge is 0.497 e. The Balaban J connectivity index is 1.90. The van der Waals surface area contributed by atoms with Gasteiger partial charge in [-0.15, -0.1) is 0 Å². The number of carbonyl (C=O) groups excluding carboxylic acids is 2. The molecule has 0 spiro atoms. The first-order valence-corrected chi connectivity index (χ1v) is 8.50. The predicted molar refractivity (Wildman–Crippen MR) is 100 cm³/mol. The van der Waals surface area contributed by atoms with Crippen molar-refractivity contribution in [2.75, 3.05) is 12.0 Å². The monoisotopic (exact) mass is 371 g/mol. The second-order valence-electron chi connectivity index (χ2n) is 6.02. The van der Waals surface area contributed by atoms with Crippen molar-refractivity contribution in [3.63, 3.8) is 0 Å². The lowest BCUT2D eigenvalue weighted by Gasteiger charge is -2.16. The summed E-state index contributed by atoms with van der Waals surface area (Å²) in [7, 11) is 1.56. The van der Waals surface area contributed by atoms with Gasteiger partial charge in [-0.25, -0.2) is 4.90 Å². The number of anilines is 1. The van der Waals surface area contributed by atoms with Crippen molar-refractivity contribution < 1.29 is 19.1 Å². The normalized spacial score (nSPS) is 14.4. The van der Waals surface area contributed by atoms with Crippen LogP contribution in [0.15, 0.2) is 53.6 Å². The minimum atomic E-state index is -0.542. The Kier molecular flexibility index (Phi) is 5.00. The van der Waals surface area contributed by atoms with E-state index in [-0.39, 0.29) is 16.7 Å². The summed E-state index contributed by atoms with van der Waals surface area (Å²) in [5.74, 6) is 0.319. The topological polar surface area (TPSA) is 55.8 Å². The van der Waals surface area contributed by atoms with E-state index in [1.165, 1.54) is 0 Å². The van der Waals surface area contributed by atoms with Crippen LogP contribution in [-0.4, -0.2) is 25.0 Å². The number of benzene rings is 2. The first-order chi connectivity index (χ1) is 12.4. The summed E-state index contributed by atoms with van der Waals surface area (Å²) >= 11 is 6.19. The highest BCUT2D eigenvalue weighted by molar-refractivity contribution is 6.60. The van der Waals surface area contributed by atoms with Crippen LogP contribution in [0.4, 0.5) is 5.69 Å². The van der Waals surface area contributed by atoms with Crippen molar-refractivity contribution >= 4 is 34.7 Å². The fourth-order valence-electron chi connectivity index (χ4n) is 2.69. The summed E-state index contributed by atoms with van der Waals surface area (Å²) in [5, 5.41) is -0.0947. The van der Waals surface area contributed by atoms with Crippen LogP contribution >= 0.6 is 11.6 Å². The van der Waals surface area contributed by atoms with E-state index < -0.39 is 11.8 Å². The molecule has 1 aliphatic heterocycles. The van der Waals surface area contributed by atoms with Crippen molar-refractivity contribution in [2.24, 2.45) is 0 Å². The minimum Gasteiger partial charge on any atom is -0.497 e. The van der Waals surface area contributed by atoms with Gasteiger partial charge in [0.1, 0.15) is 16.5 Å². The molecule has 6 heteroatoms. The molecule has 2 amide bonds. The highest BCUT2D eigenvalue weighted by Gasteiger charge is 2.39. The zero-order valence-corrected chi connectivity index (χ0v) is 15.4. The summed E-state index contributed by atoms with van der Waals surface area (Å²) < 4.78 is 10.7. The first kappa shape index (κ1) is 18.0. The fraction of sp³-hybridized carbons (Fsp3) is 0.200. The second kappa shape index (κ2) is 7.22. The van der Waals surface area contributed by atoms with Gasteiger partial charge < -0.3 is 9.47 Å². The molecule has 0 bridgehead atoms. The van der Waals surface area contributed by atoms with Gasteiger partial charge in [0.25, 0.3) is 11.8 Å². The van der Waals surface area contributed by atoms with Crippen LogP contribution in [0.5, 0.6) is 11.5 Å². The standard InChI is InChI=1S/C20H18ClNO4/c1-12(2)26-16-10-6-14(7-11-16)22-19(23)17(18(21)20(22)24)13-4-8-15(25-3)9-5-13/h4-12H,1-3H3. The number of ether oxygens (including phenoxy) is 2. The van der Waals surface area contributed by atoms with Crippen LogP contribution in [0.3, 0.4) is 0 Å². The first-order valence-electron chi connectivity index (χ1n) is 8.12. The van der Waals surface area contributed by atoms with Gasteiger partial charge in [0.15, 0.2) is 0 Å². The molecule has 0 radical (unpaired) electrons. The number of hydrogen-bond donors (Lipinski definition) is 0. The van der Waals surface area contributed by atoms with E-state index in [0.29, 0.717) is 22.7 Å². The number of amides is 2. The van der Waals surface area contributed by atoms with Crippen molar-refractivity contribution in [1.82, 2.24) is 0 Å². The van der Waals surface area contributed by atoms with Crippen LogP contribution in [0.25, 0.3) is 5.57 Å². The molecule has 0 aliphatic carbocycles. The van der Waals surface area contributed by atoms with Gasteiger partial charge in [0, 0.05) is 0 Å². The van der Waals surface area contributed by atoms with Crippen LogP contribution in [0.1, 0.15) is 19.4 Å². The quantitative estimate of drug-likeness (QED) is 0.745. The Morgan fingerprint density at radius 1 is 0.885 bits per heavy atom. The summed E-state index contributed by atoms with van der Waals surface area (Å²) in [6.45, 7) is 3.85. The molecule has 0 saturated heterocycles. The van der Waals surface area contributed by atoms with Crippen LogP contribution in [0.2, 0.25) is 0 Å². The molecule has 134 valence electrons. The highest BCUT2D eigenvalue weighted by Crippen LogP contribution is 2.35. The summed E-state index contributed by atoms with van der Waals surface area (Å²) in [4.78, 5) is 26.5. The maximum Gasteiger partial charge on any atom is 0.277 e. The average molecular weight is 372 g/mol. The number of hydrogen-bond acceptors (Lipinski definition) is 4. The van der Waals surface area contributed by atoms with Gasteiger partial charge in [-0.3, -0.25) is 9.59 Å². The van der Waals surface area contributed by atoms with Crippen LogP contribution in [-0.2, 0) is 9.59 Å². The average Bonchev–Trinajstić information content (AvgIpc) is 2.85. The summed E-state index contributed by atoms with van der Waals surface area (Å²) in [5.41, 5.74) is 1.19. The van der Waals surface area contributed by atoms with Gasteiger partial charge in [0.2, 0.25) is 0 Å². The van der Waals surface area contributed by atoms with Gasteiger partial charge in [-0.1, -0.05) is 23.7 Å². The molecular formula is C20H18ClNO4. The maximum absolute atomic E-state index is 12.8. The molecule has 3 rings (SSSR count). The van der Waals surface area contributed by atoms with Gasteiger partial charge in [0.05, 0.1) is 24.5 Å². The fourth-order valence-corrected chi connectivity index (χ4v) is 2.97. The molecule has 0 fully saturated rings. The zero-order chi connectivity index (χ0) is 18.8. The van der Waals surface area contributed by atoms with E-state index in [9.17, 15) is 9.59 Å². The Bertz CT molecular complexity index is 870. The van der Waals surface area contributed by atoms with E-state index >= 15 is 0 Å². The summed E-state index contributed by atoms with van der Waals surface area (Å²) in [6.07, 6.45) is 0.0358. The molecule has 0 N–H and O–H groups in total. The van der Waals surface area contributed by atoms with Crippen molar-refractivity contribution in [1.29, 1.82) is 0 Å². The predicted octanol–water partition coefficient (Wildman–Crippen LogP) is 4.01. The number of carbonyl (C=O) groups is 2. The molecule has 0 aromatic heterocycles. The van der Waals surface area contributed by atoms with Gasteiger partial charge in [-0.2, -0.15) is 0 Å². The van der Waals surface area contributed by atoms with E-state index in [4.69, 9.17) is 21.1 Å². The zero-order valence-electron chi connectivity index (χ0n) is 14.7. The lowest BCUT2D eigenvalue weighted by molar-refractivity contribution is -0.119. The Hall–Kier alpha value is -2.79. The number of halogens is 1. The number of imide groups is 1. The Morgan fingerprint density at radius 2 is 1.46 bits per heavy atom. The number of methoxy groups -OCH3 is 1. The molecule has 26 heavy (non-hydrogen) atoms. The van der Waals surface area contributed by atoms with Crippen molar-refractivity contribution in [3.8, 4) is 11.5 Å². The molecular weight excluding hydrogens is 354 g/mol. The second-order valence-corrected chi connectivity index (χ2v) is 6.40. The number of nitrogens with zero attached hydrogens (tertiary/aromatic N) is 1. The van der Waals surface area contributed by atoms with Gasteiger partial charge >= 0.3 is 0 Å². The molecule has 0 saturated carbocycles. The molecule has 5 nitrogen and oxygen atoms in total. The van der Waals surface area contributed by atoms with E-state index in [2.05, 4.69) is 0 Å². The third-order valence-corrected chi connectivity index (χ3v) is 4.22. The van der Waals surface area contributed by atoms with Crippen molar-refractivity contribution in [3.05, 3.63) is 59.1 Å². The molecule has 1 aliphatic rings.